The summed E-state index contributed by atoms with van der Waals surface area (Å²) in [7, 11) is 0. The molecule has 1 aromatic rings. The highest BCUT2D eigenvalue weighted by atomic mass is 16.3. The number of benzene rings is 1. The molecule has 1 aromatic carbocycles. The van der Waals surface area contributed by atoms with Gasteiger partial charge in [0.1, 0.15) is 0 Å². The molecule has 5 rings (SSSR count). The molecule has 190 valence electrons. The van der Waals surface area contributed by atoms with Crippen LogP contribution in [0.4, 0.5) is 0 Å². The molecule has 1 unspecified atom stereocenters. The summed E-state index contributed by atoms with van der Waals surface area (Å²) in [6.07, 6.45) is 11.2. The minimum absolute atomic E-state index is 0.0167. The molecule has 4 aliphatic carbocycles. The summed E-state index contributed by atoms with van der Waals surface area (Å²) in [6, 6.07) is 9.76. The third-order valence-corrected chi connectivity index (χ3v) is 10.6. The van der Waals surface area contributed by atoms with Crippen molar-refractivity contribution in [2.45, 2.75) is 84.2 Å². The minimum atomic E-state index is -0.0976. The van der Waals surface area contributed by atoms with Crippen molar-refractivity contribution in [1.82, 2.24) is 10.6 Å². The van der Waals surface area contributed by atoms with Crippen molar-refractivity contribution in [3.8, 4) is 0 Å². The number of allylic oxidation sites excluding steroid dienone is 1. The van der Waals surface area contributed by atoms with Crippen molar-refractivity contribution in [3.63, 3.8) is 0 Å². The Balaban J connectivity index is 1.34. The molecule has 2 amide bonds. The van der Waals surface area contributed by atoms with E-state index in [0.29, 0.717) is 29.2 Å². The number of amides is 2. The van der Waals surface area contributed by atoms with Crippen molar-refractivity contribution >= 4 is 11.8 Å². The Morgan fingerprint density at radius 1 is 1.09 bits per heavy atom. The van der Waals surface area contributed by atoms with Crippen LogP contribution in [-0.2, 0) is 4.79 Å². The Bertz CT molecular complexity index is 991. The highest BCUT2D eigenvalue weighted by Gasteiger charge is 2.61. The Morgan fingerprint density at radius 2 is 1.86 bits per heavy atom. The fourth-order valence-corrected chi connectivity index (χ4v) is 8.96. The van der Waals surface area contributed by atoms with E-state index < -0.39 is 0 Å². The molecule has 0 bridgehead atoms. The number of nitrogens with one attached hydrogen (secondary N) is 2. The minimum Gasteiger partial charge on any atom is -0.396 e. The number of hydrogen-bond donors (Lipinski definition) is 3. The van der Waals surface area contributed by atoms with Crippen LogP contribution in [0.15, 0.2) is 42.0 Å². The van der Waals surface area contributed by atoms with Crippen LogP contribution in [0.1, 0.15) is 82.5 Å². The van der Waals surface area contributed by atoms with Gasteiger partial charge in [0.05, 0.1) is 0 Å². The van der Waals surface area contributed by atoms with Crippen LogP contribution in [-0.4, -0.2) is 35.6 Å². The zero-order valence-electron chi connectivity index (χ0n) is 21.6. The topological polar surface area (TPSA) is 78.4 Å². The lowest BCUT2D eigenvalue weighted by molar-refractivity contribution is -0.120. The second-order valence-electron chi connectivity index (χ2n) is 12.1. The zero-order chi connectivity index (χ0) is 24.8. The summed E-state index contributed by atoms with van der Waals surface area (Å²) in [4.78, 5) is 24.5. The van der Waals surface area contributed by atoms with Gasteiger partial charge in [0.15, 0.2) is 0 Å². The first-order valence-corrected chi connectivity index (χ1v) is 13.7. The molecule has 0 radical (unpaired) electrons. The second kappa shape index (κ2) is 9.38. The van der Waals surface area contributed by atoms with Gasteiger partial charge < -0.3 is 15.7 Å². The quantitative estimate of drug-likeness (QED) is 0.529. The number of rotatable bonds is 5. The lowest BCUT2D eigenvalue weighted by Gasteiger charge is -2.59. The van der Waals surface area contributed by atoms with Gasteiger partial charge in [0.2, 0.25) is 5.91 Å². The van der Waals surface area contributed by atoms with Crippen LogP contribution < -0.4 is 10.6 Å². The van der Waals surface area contributed by atoms with E-state index in [4.69, 9.17) is 0 Å². The lowest BCUT2D eigenvalue weighted by Crippen LogP contribution is -2.55. The highest BCUT2D eigenvalue weighted by Crippen LogP contribution is 2.66. The van der Waals surface area contributed by atoms with E-state index in [1.54, 1.807) is 12.5 Å². The molecule has 0 aromatic heterocycles. The number of aliphatic hydroxyl groups is 1. The van der Waals surface area contributed by atoms with Gasteiger partial charge in [-0.05, 0) is 99.5 Å². The van der Waals surface area contributed by atoms with Gasteiger partial charge >= 0.3 is 0 Å². The SMILES string of the molecule is CC(=O)N[C@H]1CC[C@@]2(C)C(=CC[C@H]3[C@@H]4CC[C@H](C(C)NC(=O)c5ccccc5)[C@@]4(CO)CC[C@@H]32)C1. The van der Waals surface area contributed by atoms with Crippen LogP contribution in [0.2, 0.25) is 0 Å². The van der Waals surface area contributed by atoms with Crippen LogP contribution in [0, 0.1) is 34.5 Å². The summed E-state index contributed by atoms with van der Waals surface area (Å²) in [5.41, 5.74) is 2.37. The summed E-state index contributed by atoms with van der Waals surface area (Å²) < 4.78 is 0. The van der Waals surface area contributed by atoms with Gasteiger partial charge in [-0.3, -0.25) is 9.59 Å². The average molecular weight is 479 g/mol. The highest BCUT2D eigenvalue weighted by molar-refractivity contribution is 5.94. The smallest absolute Gasteiger partial charge is 0.251 e. The van der Waals surface area contributed by atoms with Gasteiger partial charge in [-0.1, -0.05) is 36.8 Å². The fourth-order valence-electron chi connectivity index (χ4n) is 8.96. The van der Waals surface area contributed by atoms with E-state index in [1.807, 2.05) is 30.3 Å². The molecule has 3 saturated carbocycles. The summed E-state index contributed by atoms with van der Waals surface area (Å²) in [5, 5.41) is 17.3. The molecule has 35 heavy (non-hydrogen) atoms. The van der Waals surface area contributed by atoms with E-state index >= 15 is 0 Å². The molecule has 3 fully saturated rings. The number of hydrogen-bond acceptors (Lipinski definition) is 3. The van der Waals surface area contributed by atoms with E-state index in [2.05, 4.69) is 30.6 Å². The first-order chi connectivity index (χ1) is 16.8. The summed E-state index contributed by atoms with van der Waals surface area (Å²) >= 11 is 0. The van der Waals surface area contributed by atoms with E-state index in [1.165, 1.54) is 0 Å². The number of carbonyl (C=O) groups is 2. The molecule has 8 atom stereocenters. The predicted molar refractivity (Wildman–Crippen MR) is 138 cm³/mol. The van der Waals surface area contributed by atoms with Gasteiger partial charge in [-0.15, -0.1) is 0 Å². The average Bonchev–Trinajstić information content (AvgIpc) is 3.25. The summed E-state index contributed by atoms with van der Waals surface area (Å²) in [5.74, 6) is 2.12. The molecule has 3 N–H and O–H groups in total. The maximum absolute atomic E-state index is 12.9. The normalized spacial score (nSPS) is 38.9. The van der Waals surface area contributed by atoms with Gasteiger partial charge in [-0.25, -0.2) is 0 Å². The maximum atomic E-state index is 12.9. The number of carbonyl (C=O) groups excluding carboxylic acids is 2. The maximum Gasteiger partial charge on any atom is 0.251 e. The Kier molecular flexibility index (Phi) is 6.58. The number of aliphatic hydroxyl groups excluding tert-OH is 1. The molecule has 0 heterocycles. The zero-order valence-corrected chi connectivity index (χ0v) is 21.6. The standard InChI is InChI=1S/C30H42N2O3/c1-19(31-28(35)21-7-5-4-6-8-21)25-11-12-27-24-10-9-22-17-23(32-20(2)34)13-15-29(22,3)26(24)14-16-30(25,27)18-33/h4-9,19,23-27,33H,10-18H2,1-3H3,(H,31,35)(H,32,34)/t19?,23-,24+,25+,26-,27-,29-,30-/m0/s1. The van der Waals surface area contributed by atoms with Gasteiger partial charge in [0, 0.05) is 36.6 Å². The van der Waals surface area contributed by atoms with Gasteiger partial charge in [0.25, 0.3) is 5.91 Å². The van der Waals surface area contributed by atoms with Crippen molar-refractivity contribution in [1.29, 1.82) is 0 Å². The molecule has 4 aliphatic rings. The monoisotopic (exact) mass is 478 g/mol. The molecule has 0 spiro atoms. The van der Waals surface area contributed by atoms with E-state index in [9.17, 15) is 14.7 Å². The van der Waals surface area contributed by atoms with Crippen molar-refractivity contribution in [2.24, 2.45) is 34.5 Å². The van der Waals surface area contributed by atoms with Crippen LogP contribution in [0.25, 0.3) is 0 Å². The van der Waals surface area contributed by atoms with E-state index in [-0.39, 0.29) is 41.3 Å². The Hall–Kier alpha value is -2.14. The first-order valence-electron chi connectivity index (χ1n) is 13.7. The third kappa shape index (κ3) is 4.14. The van der Waals surface area contributed by atoms with Crippen molar-refractivity contribution < 1.29 is 14.7 Å². The summed E-state index contributed by atoms with van der Waals surface area (Å²) in [6.45, 7) is 6.45. The third-order valence-electron chi connectivity index (χ3n) is 10.6. The fraction of sp³-hybridized carbons (Fsp3) is 0.667. The number of fused-ring (bicyclic) bond motifs is 5. The Morgan fingerprint density at radius 3 is 2.57 bits per heavy atom. The molecule has 0 saturated heterocycles. The lowest BCUT2D eigenvalue weighted by atomic mass is 9.47. The van der Waals surface area contributed by atoms with Crippen molar-refractivity contribution in [2.75, 3.05) is 6.61 Å². The van der Waals surface area contributed by atoms with Crippen molar-refractivity contribution in [3.05, 3.63) is 47.5 Å². The van der Waals surface area contributed by atoms with Crippen LogP contribution in [0.5, 0.6) is 0 Å². The van der Waals surface area contributed by atoms with E-state index in [0.717, 1.165) is 51.4 Å². The van der Waals surface area contributed by atoms with Crippen LogP contribution in [0.3, 0.4) is 0 Å². The molecular formula is C30H42N2O3. The molecule has 5 nitrogen and oxygen atoms in total. The predicted octanol–water partition coefficient (Wildman–Crippen LogP) is 4.86. The second-order valence-corrected chi connectivity index (χ2v) is 12.1. The van der Waals surface area contributed by atoms with Gasteiger partial charge in [-0.2, -0.15) is 0 Å². The largest absolute Gasteiger partial charge is 0.396 e. The molecular weight excluding hydrogens is 436 g/mol. The molecule has 5 heteroatoms. The Labute approximate surface area is 210 Å². The first kappa shape index (κ1) is 24.5. The van der Waals surface area contributed by atoms with Crippen LogP contribution >= 0.6 is 0 Å². The molecule has 0 aliphatic heterocycles.